The van der Waals surface area contributed by atoms with Gasteiger partial charge in [0, 0.05) is 47.4 Å². The third kappa shape index (κ3) is 8.76. The number of rotatable bonds is 12. The lowest BCUT2D eigenvalue weighted by atomic mass is 9.84. The number of hydrogen-bond acceptors (Lipinski definition) is 6. The second kappa shape index (κ2) is 13.7. The maximum atomic E-state index is 13.6. The minimum atomic E-state index is -5.10. The number of nitrogens with zero attached hydrogens (tertiary/aromatic N) is 2. The molecule has 0 saturated heterocycles. The number of halogens is 5. The molecule has 212 valence electrons. The van der Waals surface area contributed by atoms with E-state index in [1.807, 2.05) is 0 Å². The quantitative estimate of drug-likeness (QED) is 0.276. The molecule has 12 heteroatoms. The van der Waals surface area contributed by atoms with Gasteiger partial charge >= 0.3 is 6.18 Å². The Labute approximate surface area is 239 Å². The van der Waals surface area contributed by atoms with Crippen molar-refractivity contribution in [3.05, 3.63) is 88.4 Å². The van der Waals surface area contributed by atoms with Gasteiger partial charge in [-0.1, -0.05) is 67.4 Å². The molecule has 0 aliphatic rings. The smallest absolute Gasteiger partial charge is 0.450 e. The van der Waals surface area contributed by atoms with Gasteiger partial charge < -0.3 is 10.1 Å². The summed E-state index contributed by atoms with van der Waals surface area (Å²) in [5, 5.41) is 3.12. The predicted octanol–water partition coefficient (Wildman–Crippen LogP) is 5.99. The van der Waals surface area contributed by atoms with Crippen LogP contribution < -0.4 is 10.1 Å². The van der Waals surface area contributed by atoms with Crippen LogP contribution in [0.15, 0.2) is 67.1 Å². The summed E-state index contributed by atoms with van der Waals surface area (Å²) in [6.45, 7) is 2.86. The van der Waals surface area contributed by atoms with Crippen molar-refractivity contribution in [1.82, 2.24) is 15.3 Å². The molecule has 0 saturated carbocycles. The van der Waals surface area contributed by atoms with E-state index in [1.165, 1.54) is 50.6 Å². The van der Waals surface area contributed by atoms with E-state index in [0.717, 1.165) is 0 Å². The van der Waals surface area contributed by atoms with Crippen molar-refractivity contribution in [2.24, 2.45) is 11.8 Å². The highest BCUT2D eigenvalue weighted by Crippen LogP contribution is 2.30. The second-order valence-corrected chi connectivity index (χ2v) is 10.2. The Morgan fingerprint density at radius 2 is 1.65 bits per heavy atom. The normalized spacial score (nSPS) is 13.8. The second-order valence-electron chi connectivity index (χ2n) is 9.35. The molecule has 0 aliphatic heterocycles. The summed E-state index contributed by atoms with van der Waals surface area (Å²) < 4.78 is 45.6. The maximum absolute atomic E-state index is 13.6. The first-order valence-corrected chi connectivity index (χ1v) is 13.0. The third-order valence-corrected chi connectivity index (χ3v) is 6.44. The van der Waals surface area contributed by atoms with Crippen LogP contribution in [0.1, 0.15) is 37.6 Å². The van der Waals surface area contributed by atoms with Crippen molar-refractivity contribution in [2.45, 2.75) is 45.0 Å². The van der Waals surface area contributed by atoms with Crippen LogP contribution in [-0.2, 0) is 20.8 Å². The Kier molecular flexibility index (Phi) is 10.6. The lowest BCUT2D eigenvalue weighted by Crippen LogP contribution is -2.45. The molecule has 40 heavy (non-hydrogen) atoms. The van der Waals surface area contributed by atoms with Gasteiger partial charge in [-0.05, 0) is 29.7 Å². The van der Waals surface area contributed by atoms with Crippen LogP contribution in [-0.4, -0.2) is 39.7 Å². The first-order valence-electron chi connectivity index (χ1n) is 12.2. The molecule has 0 fully saturated rings. The molecule has 0 radical (unpaired) electrons. The van der Waals surface area contributed by atoms with Crippen LogP contribution in [0.2, 0.25) is 10.0 Å². The van der Waals surface area contributed by atoms with Crippen molar-refractivity contribution >= 4 is 40.7 Å². The minimum Gasteiger partial charge on any atom is -0.480 e. The van der Waals surface area contributed by atoms with Crippen LogP contribution in [0.25, 0.3) is 0 Å². The predicted molar refractivity (Wildman–Crippen MR) is 143 cm³/mol. The third-order valence-electron chi connectivity index (χ3n) is 6.00. The molecule has 7 nitrogen and oxygen atoms in total. The number of carbonyl (C=O) groups is 3. The molecule has 1 aromatic heterocycles. The Morgan fingerprint density at radius 1 is 1.00 bits per heavy atom. The summed E-state index contributed by atoms with van der Waals surface area (Å²) in [6, 6.07) is 11.0. The zero-order chi connectivity index (χ0) is 29.4. The number of aromatic nitrogens is 2. The monoisotopic (exact) mass is 595 g/mol. The number of ether oxygens (including phenoxy) is 1. The highest BCUT2D eigenvalue weighted by atomic mass is 35.5. The van der Waals surface area contributed by atoms with Gasteiger partial charge in [-0.15, -0.1) is 0 Å². The average molecular weight is 596 g/mol. The standard InChI is InChI=1S/C28H26Cl2F3N3O4/c1-16(2)22(26(38)28(31,32)33)14-23(37)25(17-6-4-3-5-7-17)36-27(39)24(13-20-15-34-8-9-35-20)40-21-11-18(29)10-19(30)12-21/h3-12,15-16,22,24-25H,13-14H2,1-2H3,(H,36,39)/t22-,24-,25-/m0/s1. The molecule has 3 atom stereocenters. The Hall–Kier alpha value is -3.50. The van der Waals surface area contributed by atoms with E-state index < -0.39 is 54.1 Å². The van der Waals surface area contributed by atoms with Gasteiger partial charge in [0.15, 0.2) is 11.9 Å². The summed E-state index contributed by atoms with van der Waals surface area (Å²) in [7, 11) is 0. The lowest BCUT2D eigenvalue weighted by Gasteiger charge is -2.26. The molecule has 3 rings (SSSR count). The van der Waals surface area contributed by atoms with Crippen molar-refractivity contribution < 1.29 is 32.3 Å². The fraction of sp³-hybridized carbons (Fsp3) is 0.321. The first-order chi connectivity index (χ1) is 18.8. The van der Waals surface area contributed by atoms with Gasteiger partial charge in [0.25, 0.3) is 5.91 Å². The minimum absolute atomic E-state index is 0.0688. The van der Waals surface area contributed by atoms with Gasteiger partial charge in [0.05, 0.1) is 5.69 Å². The van der Waals surface area contributed by atoms with Crippen LogP contribution in [0.3, 0.4) is 0 Å². The molecule has 1 N–H and O–H groups in total. The Morgan fingerprint density at radius 3 is 2.20 bits per heavy atom. The summed E-state index contributed by atoms with van der Waals surface area (Å²) in [4.78, 5) is 47.2. The SMILES string of the molecule is CC(C)[C@H](CC(=O)[C@@H](NC(=O)[C@H](Cc1cnccn1)Oc1cc(Cl)cc(Cl)c1)c1ccccc1)C(=O)C(F)(F)F. The van der Waals surface area contributed by atoms with E-state index >= 15 is 0 Å². The van der Waals surface area contributed by atoms with Crippen LogP contribution in [0.4, 0.5) is 13.2 Å². The fourth-order valence-corrected chi connectivity index (χ4v) is 4.49. The summed E-state index contributed by atoms with van der Waals surface area (Å²) in [5.41, 5.74) is 0.723. The molecular formula is C28H26Cl2F3N3O4. The number of carbonyl (C=O) groups excluding carboxylic acids is 3. The highest BCUT2D eigenvalue weighted by Gasteiger charge is 2.45. The number of hydrogen-bond donors (Lipinski definition) is 1. The molecular weight excluding hydrogens is 570 g/mol. The van der Waals surface area contributed by atoms with Gasteiger partial charge in [0.2, 0.25) is 5.78 Å². The van der Waals surface area contributed by atoms with Gasteiger partial charge in [0.1, 0.15) is 11.8 Å². The number of amides is 1. The van der Waals surface area contributed by atoms with Gasteiger partial charge in [-0.3, -0.25) is 24.4 Å². The fourth-order valence-electron chi connectivity index (χ4n) is 3.98. The van der Waals surface area contributed by atoms with Gasteiger partial charge in [-0.25, -0.2) is 0 Å². The maximum Gasteiger partial charge on any atom is 0.450 e. The number of Topliss-reactive ketones (excluding diaryl/α,β-unsaturated/α-hetero) is 2. The van der Waals surface area contributed by atoms with Crippen molar-refractivity contribution in [2.75, 3.05) is 0 Å². The first kappa shape index (κ1) is 31.0. The molecule has 0 bridgehead atoms. The number of ketones is 2. The van der Waals surface area contributed by atoms with E-state index in [0.29, 0.717) is 11.3 Å². The average Bonchev–Trinajstić information content (AvgIpc) is 2.89. The molecule has 0 spiro atoms. The molecule has 0 unspecified atom stereocenters. The Bertz CT molecular complexity index is 1310. The zero-order valence-corrected chi connectivity index (χ0v) is 23.0. The molecule has 1 amide bonds. The molecule has 1 heterocycles. The topological polar surface area (TPSA) is 98.2 Å². The van der Waals surface area contributed by atoms with Crippen LogP contribution in [0.5, 0.6) is 5.75 Å². The number of nitrogens with one attached hydrogen (secondary N) is 1. The Balaban J connectivity index is 1.92. The summed E-state index contributed by atoms with van der Waals surface area (Å²) >= 11 is 12.1. The lowest BCUT2D eigenvalue weighted by molar-refractivity contribution is -0.177. The van der Waals surface area contributed by atoms with E-state index in [9.17, 15) is 27.6 Å². The van der Waals surface area contributed by atoms with E-state index in [1.54, 1.807) is 30.3 Å². The summed E-state index contributed by atoms with van der Waals surface area (Å²) in [5.74, 6) is -5.73. The molecule has 2 aromatic carbocycles. The van der Waals surface area contributed by atoms with Crippen molar-refractivity contribution in [3.8, 4) is 5.75 Å². The van der Waals surface area contributed by atoms with E-state index in [2.05, 4.69) is 15.3 Å². The summed E-state index contributed by atoms with van der Waals surface area (Å²) in [6.07, 6.45) is -2.84. The molecule has 3 aromatic rings. The van der Waals surface area contributed by atoms with Gasteiger partial charge in [-0.2, -0.15) is 13.2 Å². The van der Waals surface area contributed by atoms with E-state index in [-0.39, 0.29) is 22.2 Å². The van der Waals surface area contributed by atoms with Crippen molar-refractivity contribution in [3.63, 3.8) is 0 Å². The van der Waals surface area contributed by atoms with Crippen LogP contribution in [0, 0.1) is 11.8 Å². The number of benzene rings is 2. The van der Waals surface area contributed by atoms with E-state index in [4.69, 9.17) is 27.9 Å². The van der Waals surface area contributed by atoms with Crippen molar-refractivity contribution in [1.29, 1.82) is 0 Å². The largest absolute Gasteiger partial charge is 0.480 e. The highest BCUT2D eigenvalue weighted by molar-refractivity contribution is 6.34. The van der Waals surface area contributed by atoms with Crippen LogP contribution >= 0.6 is 23.2 Å². The zero-order valence-electron chi connectivity index (χ0n) is 21.5. The number of alkyl halides is 3. The molecule has 0 aliphatic carbocycles.